The van der Waals surface area contributed by atoms with Crippen LogP contribution in [0.4, 0.5) is 0 Å². The van der Waals surface area contributed by atoms with Gasteiger partial charge >= 0.3 is 5.97 Å². The van der Waals surface area contributed by atoms with Gasteiger partial charge in [-0.25, -0.2) is 0 Å². The third kappa shape index (κ3) is 3.83. The smallest absolute Gasteiger partial charge is 0.306 e. The summed E-state index contributed by atoms with van der Waals surface area (Å²) in [5.74, 6) is 0.352. The van der Waals surface area contributed by atoms with E-state index in [1.165, 1.54) is 11.3 Å². The molecule has 1 aromatic carbocycles. The van der Waals surface area contributed by atoms with Crippen molar-refractivity contribution in [2.24, 2.45) is 0 Å². The molecule has 0 bridgehead atoms. The number of ether oxygens (including phenoxy) is 2. The SMILES string of the molecule is CCOC(=O)CCC(=O)c1cc2cc(Br)c(OC)cc2s1. The van der Waals surface area contributed by atoms with E-state index in [1.807, 2.05) is 18.2 Å². The molecular formula is C15H15BrO4S. The molecule has 112 valence electrons. The lowest BCUT2D eigenvalue weighted by atomic mass is 10.1. The molecule has 0 fully saturated rings. The van der Waals surface area contributed by atoms with Gasteiger partial charge in [0.05, 0.1) is 29.5 Å². The van der Waals surface area contributed by atoms with Crippen LogP contribution < -0.4 is 4.74 Å². The molecule has 0 aliphatic rings. The van der Waals surface area contributed by atoms with Gasteiger partial charge in [-0.2, -0.15) is 0 Å². The Morgan fingerprint density at radius 1 is 1.24 bits per heavy atom. The largest absolute Gasteiger partial charge is 0.496 e. The Morgan fingerprint density at radius 2 is 2.00 bits per heavy atom. The molecule has 0 amide bonds. The highest BCUT2D eigenvalue weighted by Gasteiger charge is 2.14. The topological polar surface area (TPSA) is 52.6 Å². The molecule has 1 heterocycles. The Kier molecular flexibility index (Phi) is 5.36. The van der Waals surface area contributed by atoms with Crippen molar-refractivity contribution in [3.63, 3.8) is 0 Å². The van der Waals surface area contributed by atoms with E-state index in [1.54, 1.807) is 14.0 Å². The number of methoxy groups -OCH3 is 1. The number of thiophene rings is 1. The molecule has 0 aliphatic heterocycles. The zero-order valence-corrected chi connectivity index (χ0v) is 14.2. The van der Waals surface area contributed by atoms with Gasteiger partial charge in [0.25, 0.3) is 0 Å². The first-order valence-corrected chi connectivity index (χ1v) is 8.12. The summed E-state index contributed by atoms with van der Waals surface area (Å²) in [4.78, 5) is 24.1. The molecule has 0 spiro atoms. The number of Topliss-reactive ketones (excluding diaryl/α,β-unsaturated/α-hetero) is 1. The fraction of sp³-hybridized carbons (Fsp3) is 0.333. The Hall–Kier alpha value is -1.40. The first kappa shape index (κ1) is 16.0. The summed E-state index contributed by atoms with van der Waals surface area (Å²) < 4.78 is 11.9. The maximum atomic E-state index is 12.1. The van der Waals surface area contributed by atoms with Crippen LogP contribution >= 0.6 is 27.3 Å². The first-order valence-electron chi connectivity index (χ1n) is 6.51. The molecule has 6 heteroatoms. The average molecular weight is 371 g/mol. The van der Waals surface area contributed by atoms with Crippen LogP contribution in [0.15, 0.2) is 22.7 Å². The summed E-state index contributed by atoms with van der Waals surface area (Å²) in [6, 6.07) is 5.66. The quantitative estimate of drug-likeness (QED) is 0.564. The number of hydrogen-bond donors (Lipinski definition) is 0. The maximum Gasteiger partial charge on any atom is 0.306 e. The van der Waals surface area contributed by atoms with Gasteiger partial charge in [-0.3, -0.25) is 9.59 Å². The first-order chi connectivity index (χ1) is 10.0. The van der Waals surface area contributed by atoms with E-state index in [0.717, 1.165) is 20.3 Å². The van der Waals surface area contributed by atoms with E-state index in [9.17, 15) is 9.59 Å². The number of benzene rings is 1. The summed E-state index contributed by atoms with van der Waals surface area (Å²) in [6.07, 6.45) is 0.290. The van der Waals surface area contributed by atoms with Gasteiger partial charge in [-0.05, 0) is 46.4 Å². The van der Waals surface area contributed by atoms with E-state index >= 15 is 0 Å². The average Bonchev–Trinajstić information content (AvgIpc) is 2.86. The highest BCUT2D eigenvalue weighted by Crippen LogP contribution is 2.35. The van der Waals surface area contributed by atoms with E-state index in [2.05, 4.69) is 15.9 Å². The maximum absolute atomic E-state index is 12.1. The number of halogens is 1. The van der Waals surface area contributed by atoms with Gasteiger partial charge in [0, 0.05) is 11.1 Å². The molecule has 0 atom stereocenters. The highest BCUT2D eigenvalue weighted by atomic mass is 79.9. The van der Waals surface area contributed by atoms with Gasteiger partial charge in [-0.1, -0.05) is 0 Å². The summed E-state index contributed by atoms with van der Waals surface area (Å²) >= 11 is 4.83. The number of ketones is 1. The Morgan fingerprint density at radius 3 is 2.67 bits per heavy atom. The summed E-state index contributed by atoms with van der Waals surface area (Å²) in [5.41, 5.74) is 0. The molecule has 0 radical (unpaired) electrons. The summed E-state index contributed by atoms with van der Waals surface area (Å²) in [5, 5.41) is 0.979. The molecule has 0 aliphatic carbocycles. The predicted molar refractivity (Wildman–Crippen MR) is 86.3 cm³/mol. The van der Waals surface area contributed by atoms with Crippen LogP contribution in [-0.4, -0.2) is 25.5 Å². The third-order valence-electron chi connectivity index (χ3n) is 2.93. The van der Waals surface area contributed by atoms with Crippen molar-refractivity contribution < 1.29 is 19.1 Å². The van der Waals surface area contributed by atoms with E-state index < -0.39 is 0 Å². The molecule has 2 aromatic rings. The monoisotopic (exact) mass is 370 g/mol. The minimum absolute atomic E-state index is 0.0423. The normalized spacial score (nSPS) is 10.6. The lowest BCUT2D eigenvalue weighted by molar-refractivity contribution is -0.143. The van der Waals surface area contributed by atoms with Gasteiger partial charge < -0.3 is 9.47 Å². The van der Waals surface area contributed by atoms with Crippen LogP contribution in [0.5, 0.6) is 5.75 Å². The van der Waals surface area contributed by atoms with Gasteiger partial charge in [0.15, 0.2) is 5.78 Å². The van der Waals surface area contributed by atoms with E-state index in [4.69, 9.17) is 9.47 Å². The van der Waals surface area contributed by atoms with Gasteiger partial charge in [0.2, 0.25) is 0 Å². The summed E-state index contributed by atoms with van der Waals surface area (Å²) in [7, 11) is 1.60. The predicted octanol–water partition coefficient (Wildman–Crippen LogP) is 4.20. The van der Waals surface area contributed by atoms with Crippen LogP contribution in [0.25, 0.3) is 10.1 Å². The standard InChI is InChI=1S/C15H15BrO4S/c1-3-20-15(18)5-4-11(17)14-7-9-6-10(16)12(19-2)8-13(9)21-14/h6-8H,3-5H2,1-2H3. The minimum atomic E-state index is -0.337. The van der Waals surface area contributed by atoms with Crippen molar-refractivity contribution in [1.29, 1.82) is 0 Å². The molecule has 4 nitrogen and oxygen atoms in total. The second-order valence-electron chi connectivity index (χ2n) is 4.36. The van der Waals surface area contributed by atoms with Crippen molar-refractivity contribution in [3.8, 4) is 5.75 Å². The number of carbonyl (C=O) groups excluding carboxylic acids is 2. The lowest BCUT2D eigenvalue weighted by Gasteiger charge is -2.01. The molecular weight excluding hydrogens is 356 g/mol. The molecule has 1 aromatic heterocycles. The van der Waals surface area contributed by atoms with Gasteiger partial charge in [0.1, 0.15) is 5.75 Å². The van der Waals surface area contributed by atoms with Crippen molar-refractivity contribution in [2.45, 2.75) is 19.8 Å². The van der Waals surface area contributed by atoms with Crippen molar-refractivity contribution in [2.75, 3.05) is 13.7 Å². The second-order valence-corrected chi connectivity index (χ2v) is 6.30. The van der Waals surface area contributed by atoms with Crippen molar-refractivity contribution in [1.82, 2.24) is 0 Å². The zero-order valence-electron chi connectivity index (χ0n) is 11.8. The number of carbonyl (C=O) groups is 2. The number of rotatable bonds is 6. The van der Waals surface area contributed by atoms with Crippen LogP contribution in [-0.2, 0) is 9.53 Å². The van der Waals surface area contributed by atoms with Gasteiger partial charge in [-0.15, -0.1) is 11.3 Å². The molecule has 0 N–H and O–H groups in total. The zero-order chi connectivity index (χ0) is 15.4. The minimum Gasteiger partial charge on any atom is -0.496 e. The second kappa shape index (κ2) is 7.04. The van der Waals surface area contributed by atoms with E-state index in [-0.39, 0.29) is 24.6 Å². The third-order valence-corrected chi connectivity index (χ3v) is 4.69. The van der Waals surface area contributed by atoms with Crippen LogP contribution in [0.2, 0.25) is 0 Å². The Labute approximate surface area is 135 Å². The van der Waals surface area contributed by atoms with Crippen LogP contribution in [0.1, 0.15) is 29.4 Å². The lowest BCUT2D eigenvalue weighted by Crippen LogP contribution is -2.07. The Bertz CT molecular complexity index is 678. The molecule has 21 heavy (non-hydrogen) atoms. The molecule has 2 rings (SSSR count). The van der Waals surface area contributed by atoms with E-state index in [0.29, 0.717) is 11.5 Å². The Balaban J connectivity index is 2.15. The van der Waals surface area contributed by atoms with Crippen molar-refractivity contribution in [3.05, 3.63) is 27.5 Å². The molecule has 0 saturated heterocycles. The van der Waals surface area contributed by atoms with Crippen molar-refractivity contribution >= 4 is 49.1 Å². The number of fused-ring (bicyclic) bond motifs is 1. The van der Waals surface area contributed by atoms with Crippen LogP contribution in [0.3, 0.4) is 0 Å². The number of hydrogen-bond acceptors (Lipinski definition) is 5. The fourth-order valence-electron chi connectivity index (χ4n) is 1.91. The highest BCUT2D eigenvalue weighted by molar-refractivity contribution is 9.10. The summed E-state index contributed by atoms with van der Waals surface area (Å²) in [6.45, 7) is 2.08. The fourth-order valence-corrected chi connectivity index (χ4v) is 3.47. The molecule has 0 saturated carbocycles. The molecule has 0 unspecified atom stereocenters. The number of esters is 1. The van der Waals surface area contributed by atoms with Crippen LogP contribution in [0, 0.1) is 0 Å².